The van der Waals surface area contributed by atoms with E-state index in [9.17, 15) is 4.79 Å². The molecule has 1 fully saturated rings. The molecule has 0 unspecified atom stereocenters. The Hall–Kier alpha value is -0.820. The minimum atomic E-state index is -0.00454. The van der Waals surface area contributed by atoms with Gasteiger partial charge in [-0.3, -0.25) is 4.79 Å². The molecule has 2 rings (SSSR count). The van der Waals surface area contributed by atoms with Crippen molar-refractivity contribution in [3.05, 3.63) is 34.9 Å². The normalized spacial score (nSPS) is 19.7. The third kappa shape index (κ3) is 1.37. The van der Waals surface area contributed by atoms with Crippen LogP contribution in [0.1, 0.15) is 25.3 Å². The minimum absolute atomic E-state index is 0.00454. The van der Waals surface area contributed by atoms with Crippen LogP contribution in [0.25, 0.3) is 0 Å². The first-order valence-electron chi connectivity index (χ1n) is 4.38. The van der Waals surface area contributed by atoms with Gasteiger partial charge in [0, 0.05) is 23.3 Å². The third-order valence-corrected chi connectivity index (χ3v) is 3.03. The van der Waals surface area contributed by atoms with Crippen molar-refractivity contribution in [3.63, 3.8) is 0 Å². The van der Waals surface area contributed by atoms with Gasteiger partial charge in [-0.1, -0.05) is 36.7 Å². The maximum atomic E-state index is 11.0. The highest BCUT2D eigenvalue weighted by atomic mass is 35.5. The molecule has 0 heterocycles. The van der Waals surface area contributed by atoms with Crippen molar-refractivity contribution in [1.82, 2.24) is 0 Å². The molecule has 68 valence electrons. The van der Waals surface area contributed by atoms with E-state index < -0.39 is 0 Å². The van der Waals surface area contributed by atoms with E-state index in [2.05, 4.69) is 6.92 Å². The van der Waals surface area contributed by atoms with Gasteiger partial charge in [-0.05, 0) is 11.6 Å². The van der Waals surface area contributed by atoms with E-state index in [-0.39, 0.29) is 5.41 Å². The first-order valence-corrected chi connectivity index (χ1v) is 4.76. The molecule has 0 atom stereocenters. The second-order valence-electron chi connectivity index (χ2n) is 3.93. The molecule has 1 aliphatic carbocycles. The van der Waals surface area contributed by atoms with Crippen molar-refractivity contribution in [2.75, 3.05) is 0 Å². The van der Waals surface area contributed by atoms with E-state index >= 15 is 0 Å². The molecular weight excluding hydrogens is 184 g/mol. The van der Waals surface area contributed by atoms with Crippen LogP contribution in [0, 0.1) is 0 Å². The quantitative estimate of drug-likeness (QED) is 0.672. The zero-order valence-corrected chi connectivity index (χ0v) is 8.27. The summed E-state index contributed by atoms with van der Waals surface area (Å²) in [6.07, 6.45) is 1.27. The Morgan fingerprint density at radius 3 is 2.46 bits per heavy atom. The molecule has 1 saturated carbocycles. The van der Waals surface area contributed by atoms with Gasteiger partial charge in [-0.2, -0.15) is 0 Å². The van der Waals surface area contributed by atoms with E-state index in [4.69, 9.17) is 11.6 Å². The maximum Gasteiger partial charge on any atom is 0.134 e. The fraction of sp³-hybridized carbons (Fsp3) is 0.364. The SMILES string of the molecule is CC1(c2ccccc2Cl)CC(=O)C1. The lowest BCUT2D eigenvalue weighted by molar-refractivity contribution is -0.127. The number of rotatable bonds is 1. The number of halogens is 1. The van der Waals surface area contributed by atoms with Crippen LogP contribution in [0.5, 0.6) is 0 Å². The summed E-state index contributed by atoms with van der Waals surface area (Å²) in [5, 5.41) is 0.775. The highest BCUT2D eigenvalue weighted by Crippen LogP contribution is 2.43. The van der Waals surface area contributed by atoms with Crippen LogP contribution < -0.4 is 0 Å². The number of Topliss-reactive ketones (excluding diaryl/α,β-unsaturated/α-hetero) is 1. The zero-order valence-electron chi connectivity index (χ0n) is 7.51. The molecule has 0 saturated heterocycles. The average Bonchev–Trinajstić information content (AvgIpc) is 2.02. The largest absolute Gasteiger partial charge is 0.300 e. The van der Waals surface area contributed by atoms with Crippen LogP contribution >= 0.6 is 11.6 Å². The molecule has 0 aliphatic heterocycles. The lowest BCUT2D eigenvalue weighted by atomic mass is 9.65. The summed E-state index contributed by atoms with van der Waals surface area (Å²) >= 11 is 6.06. The summed E-state index contributed by atoms with van der Waals surface area (Å²) in [6, 6.07) is 7.77. The lowest BCUT2D eigenvalue weighted by Gasteiger charge is -2.37. The van der Waals surface area contributed by atoms with Gasteiger partial charge in [0.25, 0.3) is 0 Å². The summed E-state index contributed by atoms with van der Waals surface area (Å²) in [5.41, 5.74) is 1.10. The molecule has 0 spiro atoms. The second kappa shape index (κ2) is 2.85. The average molecular weight is 195 g/mol. The topological polar surface area (TPSA) is 17.1 Å². The van der Waals surface area contributed by atoms with Crippen LogP contribution in [-0.4, -0.2) is 5.78 Å². The number of carbonyl (C=O) groups excluding carboxylic acids is 1. The molecule has 1 aromatic rings. The molecule has 0 aromatic heterocycles. The Morgan fingerprint density at radius 2 is 1.92 bits per heavy atom. The lowest BCUT2D eigenvalue weighted by Crippen LogP contribution is -2.38. The van der Waals surface area contributed by atoms with E-state index in [1.807, 2.05) is 24.3 Å². The van der Waals surface area contributed by atoms with Crippen LogP contribution in [0.15, 0.2) is 24.3 Å². The van der Waals surface area contributed by atoms with Gasteiger partial charge < -0.3 is 0 Å². The molecule has 0 N–H and O–H groups in total. The Balaban J connectivity index is 2.36. The summed E-state index contributed by atoms with van der Waals surface area (Å²) in [5.74, 6) is 0.336. The zero-order chi connectivity index (χ0) is 9.47. The monoisotopic (exact) mass is 194 g/mol. The van der Waals surface area contributed by atoms with Gasteiger partial charge in [0.2, 0.25) is 0 Å². The Morgan fingerprint density at radius 1 is 1.31 bits per heavy atom. The van der Waals surface area contributed by atoms with E-state index in [0.29, 0.717) is 18.6 Å². The van der Waals surface area contributed by atoms with E-state index in [0.717, 1.165) is 10.6 Å². The molecule has 0 radical (unpaired) electrons. The molecule has 1 aliphatic rings. The van der Waals surface area contributed by atoms with E-state index in [1.165, 1.54) is 0 Å². The van der Waals surface area contributed by atoms with Crippen molar-refractivity contribution in [3.8, 4) is 0 Å². The Bertz CT molecular complexity index is 349. The number of ketones is 1. The first kappa shape index (κ1) is 8.76. The summed E-state index contributed by atoms with van der Waals surface area (Å²) in [6.45, 7) is 2.09. The van der Waals surface area contributed by atoms with Crippen LogP contribution in [0.4, 0.5) is 0 Å². The van der Waals surface area contributed by atoms with Gasteiger partial charge >= 0.3 is 0 Å². The maximum absolute atomic E-state index is 11.0. The second-order valence-corrected chi connectivity index (χ2v) is 4.34. The fourth-order valence-corrected chi connectivity index (χ4v) is 2.32. The van der Waals surface area contributed by atoms with Crippen molar-refractivity contribution < 1.29 is 4.79 Å². The van der Waals surface area contributed by atoms with Crippen molar-refractivity contribution >= 4 is 17.4 Å². The highest BCUT2D eigenvalue weighted by Gasteiger charge is 2.41. The predicted octanol–water partition coefficient (Wildman–Crippen LogP) is 2.96. The van der Waals surface area contributed by atoms with Crippen LogP contribution in [0.3, 0.4) is 0 Å². The van der Waals surface area contributed by atoms with Gasteiger partial charge in [0.05, 0.1) is 0 Å². The van der Waals surface area contributed by atoms with Gasteiger partial charge in [0.1, 0.15) is 5.78 Å². The predicted molar refractivity (Wildman–Crippen MR) is 53.0 cm³/mol. The summed E-state index contributed by atoms with van der Waals surface area (Å²) in [7, 11) is 0. The number of carbonyl (C=O) groups is 1. The molecule has 1 aromatic carbocycles. The van der Waals surface area contributed by atoms with Crippen LogP contribution in [-0.2, 0) is 10.2 Å². The molecule has 0 bridgehead atoms. The smallest absolute Gasteiger partial charge is 0.134 e. The molecule has 0 amide bonds. The summed E-state index contributed by atoms with van der Waals surface area (Å²) < 4.78 is 0. The standard InChI is InChI=1S/C11H11ClO/c1-11(6-8(13)7-11)9-4-2-3-5-10(9)12/h2-5H,6-7H2,1H3. The molecule has 2 heteroatoms. The minimum Gasteiger partial charge on any atom is -0.300 e. The fourth-order valence-electron chi connectivity index (χ4n) is 1.96. The number of hydrogen-bond donors (Lipinski definition) is 0. The molecular formula is C11H11ClO. The highest BCUT2D eigenvalue weighted by molar-refractivity contribution is 6.31. The molecule has 13 heavy (non-hydrogen) atoms. The Labute approximate surface area is 82.7 Å². The molecule has 1 nitrogen and oxygen atoms in total. The third-order valence-electron chi connectivity index (χ3n) is 2.70. The van der Waals surface area contributed by atoms with Gasteiger partial charge in [-0.25, -0.2) is 0 Å². The van der Waals surface area contributed by atoms with E-state index in [1.54, 1.807) is 0 Å². The van der Waals surface area contributed by atoms with Crippen molar-refractivity contribution in [2.24, 2.45) is 0 Å². The first-order chi connectivity index (χ1) is 6.12. The number of benzene rings is 1. The number of hydrogen-bond acceptors (Lipinski definition) is 1. The van der Waals surface area contributed by atoms with Crippen molar-refractivity contribution in [2.45, 2.75) is 25.2 Å². The van der Waals surface area contributed by atoms with Gasteiger partial charge in [-0.15, -0.1) is 0 Å². The van der Waals surface area contributed by atoms with Gasteiger partial charge in [0.15, 0.2) is 0 Å². The van der Waals surface area contributed by atoms with Crippen molar-refractivity contribution in [1.29, 1.82) is 0 Å². The Kier molecular flexibility index (Phi) is 1.92. The van der Waals surface area contributed by atoms with Crippen LogP contribution in [0.2, 0.25) is 5.02 Å². The summed E-state index contributed by atoms with van der Waals surface area (Å²) in [4.78, 5) is 11.0.